The molecule has 154 valence electrons. The molecule has 0 radical (unpaired) electrons. The molecule has 10 heteroatoms. The predicted octanol–water partition coefficient (Wildman–Crippen LogP) is 1.82. The highest BCUT2D eigenvalue weighted by Gasteiger charge is 2.40. The smallest absolute Gasteiger partial charge is 0.330 e. The van der Waals surface area contributed by atoms with Gasteiger partial charge in [-0.2, -0.15) is 10.1 Å². The maximum Gasteiger partial charge on any atom is 0.330 e. The Hall–Kier alpha value is -3.27. The van der Waals surface area contributed by atoms with Crippen molar-refractivity contribution in [1.29, 1.82) is 0 Å². The van der Waals surface area contributed by atoms with E-state index in [0.717, 1.165) is 48.5 Å². The lowest BCUT2D eigenvalue weighted by atomic mass is 10.0. The number of nitrogens with zero attached hydrogens (tertiary/aromatic N) is 7. The maximum atomic E-state index is 13.0. The average molecular weight is 406 g/mol. The van der Waals surface area contributed by atoms with Gasteiger partial charge in [0.25, 0.3) is 0 Å². The Morgan fingerprint density at radius 3 is 2.80 bits per heavy atom. The number of pyridine rings is 1. The molecule has 0 amide bonds. The number of ether oxygens (including phenoxy) is 1. The SMILES string of the molecule is Cc1cc2ncnn2cc1Nc1ncc2c(n1)n(C1CC3COCC3C1)c(=O)n2C. The summed E-state index contributed by atoms with van der Waals surface area (Å²) in [5.74, 6) is 1.52. The highest BCUT2D eigenvalue weighted by atomic mass is 16.5. The first kappa shape index (κ1) is 17.6. The Kier molecular flexibility index (Phi) is 3.73. The lowest BCUT2D eigenvalue weighted by molar-refractivity contribution is 0.167. The van der Waals surface area contributed by atoms with Crippen LogP contribution in [0.2, 0.25) is 0 Å². The molecule has 2 atom stereocenters. The second-order valence-electron chi connectivity index (χ2n) is 8.35. The Balaban J connectivity index is 1.41. The van der Waals surface area contributed by atoms with Crippen molar-refractivity contribution < 1.29 is 4.74 Å². The van der Waals surface area contributed by atoms with Crippen LogP contribution in [0.1, 0.15) is 24.4 Å². The Morgan fingerprint density at radius 2 is 2.00 bits per heavy atom. The number of anilines is 2. The quantitative estimate of drug-likeness (QED) is 0.553. The molecule has 2 unspecified atom stereocenters. The van der Waals surface area contributed by atoms with E-state index >= 15 is 0 Å². The van der Waals surface area contributed by atoms with Gasteiger partial charge < -0.3 is 10.1 Å². The topological polar surface area (TPSA) is 104 Å². The van der Waals surface area contributed by atoms with Crippen molar-refractivity contribution in [2.45, 2.75) is 25.8 Å². The van der Waals surface area contributed by atoms with Gasteiger partial charge in [-0.3, -0.25) is 9.13 Å². The lowest BCUT2D eigenvalue weighted by Gasteiger charge is -2.13. The van der Waals surface area contributed by atoms with E-state index in [1.54, 1.807) is 22.3 Å². The zero-order valence-electron chi connectivity index (χ0n) is 16.8. The third-order valence-corrected chi connectivity index (χ3v) is 6.55. The van der Waals surface area contributed by atoms with Crippen molar-refractivity contribution in [3.05, 3.63) is 40.8 Å². The summed E-state index contributed by atoms with van der Waals surface area (Å²) in [5.41, 5.74) is 4.00. The normalized spacial score (nSPS) is 23.5. The summed E-state index contributed by atoms with van der Waals surface area (Å²) in [7, 11) is 1.78. The predicted molar refractivity (Wildman–Crippen MR) is 110 cm³/mol. The molecule has 6 rings (SSSR count). The first-order chi connectivity index (χ1) is 14.6. The number of imidazole rings is 1. The van der Waals surface area contributed by atoms with Gasteiger partial charge in [0.1, 0.15) is 11.8 Å². The van der Waals surface area contributed by atoms with Gasteiger partial charge in [-0.15, -0.1) is 0 Å². The number of aryl methyl sites for hydroxylation is 2. The fourth-order valence-corrected chi connectivity index (χ4v) is 4.90. The van der Waals surface area contributed by atoms with E-state index in [-0.39, 0.29) is 11.7 Å². The molecule has 4 aromatic rings. The van der Waals surface area contributed by atoms with Crippen LogP contribution in [0.5, 0.6) is 0 Å². The minimum atomic E-state index is -0.0393. The maximum absolute atomic E-state index is 13.0. The fraction of sp³-hybridized carbons (Fsp3) is 0.450. The number of aromatic nitrogens is 7. The van der Waals surface area contributed by atoms with E-state index in [1.807, 2.05) is 23.8 Å². The van der Waals surface area contributed by atoms with Crippen LogP contribution in [0, 0.1) is 18.8 Å². The van der Waals surface area contributed by atoms with Gasteiger partial charge in [0.2, 0.25) is 5.95 Å². The molecule has 4 aromatic heterocycles. The van der Waals surface area contributed by atoms with Crippen molar-refractivity contribution >= 4 is 28.4 Å². The zero-order valence-corrected chi connectivity index (χ0v) is 16.8. The molecule has 5 heterocycles. The standard InChI is InChI=1S/C20H22N8O2/c1-11-3-17-22-10-23-27(17)7-15(11)24-19-21-6-16-18(25-19)28(20(29)26(16)2)14-4-12-8-30-9-13(12)5-14/h3,6-7,10,12-14H,4-5,8-9H2,1-2H3,(H,21,24,25). The molecule has 1 saturated carbocycles. The third-order valence-electron chi connectivity index (χ3n) is 6.55. The van der Waals surface area contributed by atoms with Crippen molar-refractivity contribution in [2.24, 2.45) is 18.9 Å². The van der Waals surface area contributed by atoms with Crippen LogP contribution in [-0.4, -0.2) is 46.9 Å². The zero-order chi connectivity index (χ0) is 20.4. The number of nitrogens with one attached hydrogen (secondary N) is 1. The minimum absolute atomic E-state index is 0.0393. The highest BCUT2D eigenvalue weighted by Crippen LogP contribution is 2.43. The van der Waals surface area contributed by atoms with E-state index in [1.165, 1.54) is 6.33 Å². The van der Waals surface area contributed by atoms with Crippen molar-refractivity contribution in [3.8, 4) is 0 Å². The molecule has 0 spiro atoms. The van der Waals surface area contributed by atoms with Gasteiger partial charge in [0, 0.05) is 26.3 Å². The van der Waals surface area contributed by atoms with E-state index in [9.17, 15) is 4.79 Å². The molecule has 10 nitrogen and oxygen atoms in total. The van der Waals surface area contributed by atoms with Crippen molar-refractivity contribution in [2.75, 3.05) is 18.5 Å². The highest BCUT2D eigenvalue weighted by molar-refractivity contribution is 5.73. The van der Waals surface area contributed by atoms with Crippen LogP contribution in [0.4, 0.5) is 11.6 Å². The second-order valence-corrected chi connectivity index (χ2v) is 8.35. The Morgan fingerprint density at radius 1 is 1.20 bits per heavy atom. The number of fused-ring (bicyclic) bond motifs is 3. The van der Waals surface area contributed by atoms with Crippen LogP contribution in [0.3, 0.4) is 0 Å². The minimum Gasteiger partial charge on any atom is -0.381 e. The summed E-state index contributed by atoms with van der Waals surface area (Å²) in [6.07, 6.45) is 7.01. The van der Waals surface area contributed by atoms with Crippen LogP contribution < -0.4 is 11.0 Å². The van der Waals surface area contributed by atoms with E-state index < -0.39 is 0 Å². The Labute approximate surface area is 171 Å². The van der Waals surface area contributed by atoms with E-state index in [2.05, 4.69) is 20.4 Å². The van der Waals surface area contributed by atoms with Gasteiger partial charge in [-0.25, -0.2) is 19.3 Å². The van der Waals surface area contributed by atoms with E-state index in [4.69, 9.17) is 9.72 Å². The van der Waals surface area contributed by atoms with Gasteiger partial charge >= 0.3 is 5.69 Å². The molecule has 2 fully saturated rings. The van der Waals surface area contributed by atoms with Gasteiger partial charge in [-0.05, 0) is 43.2 Å². The largest absolute Gasteiger partial charge is 0.381 e. The molecular formula is C20H22N8O2. The van der Waals surface area contributed by atoms with Crippen LogP contribution in [-0.2, 0) is 11.8 Å². The molecule has 0 aromatic carbocycles. The molecule has 2 aliphatic rings. The first-order valence-electron chi connectivity index (χ1n) is 10.2. The average Bonchev–Trinajstić information content (AvgIpc) is 3.47. The molecule has 1 saturated heterocycles. The number of hydrogen-bond acceptors (Lipinski definition) is 7. The summed E-state index contributed by atoms with van der Waals surface area (Å²) in [5, 5.41) is 7.46. The monoisotopic (exact) mass is 406 g/mol. The van der Waals surface area contributed by atoms with Crippen molar-refractivity contribution in [1.82, 2.24) is 33.7 Å². The summed E-state index contributed by atoms with van der Waals surface area (Å²) in [4.78, 5) is 26.4. The summed E-state index contributed by atoms with van der Waals surface area (Å²) >= 11 is 0. The Bertz CT molecular complexity index is 1320. The molecule has 1 N–H and O–H groups in total. The molecule has 30 heavy (non-hydrogen) atoms. The van der Waals surface area contributed by atoms with Gasteiger partial charge in [0.05, 0.1) is 18.1 Å². The first-order valence-corrected chi connectivity index (χ1v) is 10.2. The third kappa shape index (κ3) is 2.56. The van der Waals surface area contributed by atoms with Gasteiger partial charge in [-0.1, -0.05) is 0 Å². The van der Waals surface area contributed by atoms with Gasteiger partial charge in [0.15, 0.2) is 11.3 Å². The summed E-state index contributed by atoms with van der Waals surface area (Å²) < 4.78 is 10.8. The second kappa shape index (κ2) is 6.36. The number of rotatable bonds is 3. The van der Waals surface area contributed by atoms with Crippen LogP contribution in [0.25, 0.3) is 16.8 Å². The summed E-state index contributed by atoms with van der Waals surface area (Å²) in [6.45, 7) is 3.59. The lowest BCUT2D eigenvalue weighted by Crippen LogP contribution is -2.25. The molecule has 1 aliphatic carbocycles. The van der Waals surface area contributed by atoms with Crippen LogP contribution in [0.15, 0.2) is 29.6 Å². The van der Waals surface area contributed by atoms with E-state index in [0.29, 0.717) is 23.4 Å². The molecule has 0 bridgehead atoms. The fourth-order valence-electron chi connectivity index (χ4n) is 4.90. The van der Waals surface area contributed by atoms with Crippen LogP contribution >= 0.6 is 0 Å². The number of hydrogen-bond donors (Lipinski definition) is 1. The van der Waals surface area contributed by atoms with Crippen molar-refractivity contribution in [3.63, 3.8) is 0 Å². The molecular weight excluding hydrogens is 384 g/mol. The molecule has 1 aliphatic heterocycles. The summed E-state index contributed by atoms with van der Waals surface area (Å²) in [6, 6.07) is 2.10.